The van der Waals surface area contributed by atoms with Crippen LogP contribution < -0.4 is 15.5 Å². The second-order valence-electron chi connectivity index (χ2n) is 5.96. The molecule has 3 N–H and O–H groups in total. The number of carbonyl (C=O) groups is 2. The number of amides is 2. The first kappa shape index (κ1) is 14.6. The van der Waals surface area contributed by atoms with Crippen molar-refractivity contribution in [3.63, 3.8) is 0 Å². The molecular weight excluding hydrogens is 310 g/mol. The van der Waals surface area contributed by atoms with Gasteiger partial charge in [0.1, 0.15) is 0 Å². The number of carbonyl (C=O) groups excluding carboxylic acids is 2. The molecule has 2 aromatic rings. The normalized spacial score (nSPS) is 17.2. The predicted molar refractivity (Wildman–Crippen MR) is 85.5 cm³/mol. The Labute approximate surface area is 137 Å². The highest BCUT2D eigenvalue weighted by atomic mass is 16.2. The van der Waals surface area contributed by atoms with Crippen LogP contribution in [0.15, 0.2) is 12.4 Å². The molecule has 0 spiro atoms. The van der Waals surface area contributed by atoms with Gasteiger partial charge in [0.05, 0.1) is 24.6 Å². The molecule has 0 saturated carbocycles. The molecule has 2 aliphatic heterocycles. The van der Waals surface area contributed by atoms with E-state index >= 15 is 0 Å². The second kappa shape index (κ2) is 5.59. The molecule has 0 atom stereocenters. The highest BCUT2D eigenvalue weighted by molar-refractivity contribution is 5.95. The number of rotatable bonds is 3. The van der Waals surface area contributed by atoms with Crippen molar-refractivity contribution in [1.82, 2.24) is 20.2 Å². The predicted octanol–water partition coefficient (Wildman–Crippen LogP) is -0.0119. The van der Waals surface area contributed by atoms with Gasteiger partial charge in [-0.1, -0.05) is 0 Å². The van der Waals surface area contributed by atoms with Gasteiger partial charge in [0.15, 0.2) is 5.69 Å². The van der Waals surface area contributed by atoms with Gasteiger partial charge in [-0.25, -0.2) is 9.97 Å². The van der Waals surface area contributed by atoms with Crippen molar-refractivity contribution in [3.05, 3.63) is 29.3 Å². The topological polar surface area (TPSA) is 121 Å². The fourth-order valence-electron chi connectivity index (χ4n) is 3.21. The zero-order valence-corrected chi connectivity index (χ0v) is 13.0. The quantitative estimate of drug-likeness (QED) is 0.817. The lowest BCUT2D eigenvalue weighted by Crippen LogP contribution is -2.33. The summed E-state index contributed by atoms with van der Waals surface area (Å²) in [5.41, 5.74) is 8.09. The molecule has 2 aliphatic rings. The van der Waals surface area contributed by atoms with Crippen molar-refractivity contribution in [2.45, 2.75) is 25.8 Å². The van der Waals surface area contributed by atoms with E-state index in [1.165, 1.54) is 0 Å². The van der Waals surface area contributed by atoms with Crippen molar-refractivity contribution in [3.8, 4) is 0 Å². The van der Waals surface area contributed by atoms with Crippen LogP contribution in [-0.2, 0) is 17.8 Å². The van der Waals surface area contributed by atoms with Crippen LogP contribution in [0.2, 0.25) is 0 Å². The largest absolute Gasteiger partial charge is 0.364 e. The van der Waals surface area contributed by atoms with Crippen molar-refractivity contribution in [2.75, 3.05) is 22.9 Å². The Morgan fingerprint density at radius 3 is 2.67 bits per heavy atom. The Kier molecular flexibility index (Phi) is 3.40. The van der Waals surface area contributed by atoms with Crippen LogP contribution in [-0.4, -0.2) is 45.1 Å². The molecule has 9 heteroatoms. The molecule has 0 radical (unpaired) electrons. The number of primary amides is 1. The van der Waals surface area contributed by atoms with Crippen molar-refractivity contribution in [1.29, 1.82) is 0 Å². The SMILES string of the molecule is NC(=O)c1n[nH]c2c1CN(c1ncc(N3CCCC3=O)cn1)CC2. The molecule has 4 heterocycles. The minimum atomic E-state index is -0.543. The molecule has 124 valence electrons. The number of hydrogen-bond donors (Lipinski definition) is 2. The van der Waals surface area contributed by atoms with Gasteiger partial charge in [0.2, 0.25) is 11.9 Å². The zero-order chi connectivity index (χ0) is 16.7. The molecule has 2 aromatic heterocycles. The molecule has 24 heavy (non-hydrogen) atoms. The maximum atomic E-state index is 11.8. The van der Waals surface area contributed by atoms with Crippen LogP contribution in [0.3, 0.4) is 0 Å². The summed E-state index contributed by atoms with van der Waals surface area (Å²) >= 11 is 0. The van der Waals surface area contributed by atoms with Gasteiger partial charge in [-0.15, -0.1) is 0 Å². The Balaban J connectivity index is 1.55. The van der Waals surface area contributed by atoms with Gasteiger partial charge in [0, 0.05) is 37.2 Å². The summed E-state index contributed by atoms with van der Waals surface area (Å²) in [6, 6.07) is 0. The number of nitrogens with two attached hydrogens (primary N) is 1. The maximum absolute atomic E-state index is 11.8. The molecule has 4 rings (SSSR count). The summed E-state index contributed by atoms with van der Waals surface area (Å²) in [4.78, 5) is 35.7. The molecule has 0 aromatic carbocycles. The van der Waals surface area contributed by atoms with Gasteiger partial charge >= 0.3 is 0 Å². The average molecular weight is 327 g/mol. The van der Waals surface area contributed by atoms with Crippen LogP contribution in [0, 0.1) is 0 Å². The lowest BCUT2D eigenvalue weighted by Gasteiger charge is -2.27. The molecular formula is C15H17N7O2. The van der Waals surface area contributed by atoms with Gasteiger partial charge in [-0.3, -0.25) is 14.7 Å². The molecule has 1 saturated heterocycles. The summed E-state index contributed by atoms with van der Waals surface area (Å²) in [6.45, 7) is 1.91. The summed E-state index contributed by atoms with van der Waals surface area (Å²) in [7, 11) is 0. The number of aromatic nitrogens is 4. The van der Waals surface area contributed by atoms with E-state index in [1.807, 2.05) is 4.90 Å². The lowest BCUT2D eigenvalue weighted by molar-refractivity contribution is -0.117. The Bertz CT molecular complexity index is 799. The monoisotopic (exact) mass is 327 g/mol. The van der Waals surface area contributed by atoms with E-state index in [1.54, 1.807) is 17.3 Å². The minimum Gasteiger partial charge on any atom is -0.364 e. The third-order valence-corrected chi connectivity index (χ3v) is 4.46. The first-order valence-electron chi connectivity index (χ1n) is 7.87. The number of nitrogens with one attached hydrogen (secondary N) is 1. The number of fused-ring (bicyclic) bond motifs is 1. The third-order valence-electron chi connectivity index (χ3n) is 4.46. The van der Waals surface area contributed by atoms with Crippen molar-refractivity contribution >= 4 is 23.5 Å². The van der Waals surface area contributed by atoms with Crippen molar-refractivity contribution < 1.29 is 9.59 Å². The van der Waals surface area contributed by atoms with E-state index in [9.17, 15) is 9.59 Å². The number of hydrogen-bond acceptors (Lipinski definition) is 6. The molecule has 2 amide bonds. The number of aromatic amines is 1. The van der Waals surface area contributed by atoms with Crippen LogP contribution in [0.4, 0.5) is 11.6 Å². The zero-order valence-electron chi connectivity index (χ0n) is 13.0. The van der Waals surface area contributed by atoms with E-state index in [0.29, 0.717) is 31.9 Å². The van der Waals surface area contributed by atoms with E-state index in [2.05, 4.69) is 20.2 Å². The fourth-order valence-corrected chi connectivity index (χ4v) is 3.21. The minimum absolute atomic E-state index is 0.110. The molecule has 0 bridgehead atoms. The number of H-pyrrole nitrogens is 1. The number of anilines is 2. The fraction of sp³-hybridized carbons (Fsp3) is 0.400. The first-order chi connectivity index (χ1) is 11.6. The third kappa shape index (κ3) is 2.38. The molecule has 0 unspecified atom stereocenters. The molecule has 1 fully saturated rings. The van der Waals surface area contributed by atoms with Gasteiger partial charge < -0.3 is 15.5 Å². The first-order valence-corrected chi connectivity index (χ1v) is 7.87. The smallest absolute Gasteiger partial charge is 0.269 e. The Morgan fingerprint density at radius 2 is 2.00 bits per heavy atom. The van der Waals surface area contributed by atoms with Gasteiger partial charge in [0.25, 0.3) is 5.91 Å². The Morgan fingerprint density at radius 1 is 1.21 bits per heavy atom. The van der Waals surface area contributed by atoms with E-state index in [4.69, 9.17) is 5.73 Å². The summed E-state index contributed by atoms with van der Waals surface area (Å²) in [6.07, 6.45) is 5.50. The summed E-state index contributed by atoms with van der Waals surface area (Å²) in [5, 5.41) is 6.86. The maximum Gasteiger partial charge on any atom is 0.269 e. The van der Waals surface area contributed by atoms with Crippen LogP contribution >= 0.6 is 0 Å². The van der Waals surface area contributed by atoms with E-state index in [-0.39, 0.29) is 11.6 Å². The lowest BCUT2D eigenvalue weighted by atomic mass is 10.1. The second-order valence-corrected chi connectivity index (χ2v) is 5.96. The van der Waals surface area contributed by atoms with Crippen LogP contribution in [0.25, 0.3) is 0 Å². The standard InChI is InChI=1S/C15H17N7O2/c16-14(24)13-10-8-21(5-3-11(10)19-20-13)15-17-6-9(7-18-15)22-4-1-2-12(22)23/h6-7H,1-5,8H2,(H2,16,24)(H,19,20). The summed E-state index contributed by atoms with van der Waals surface area (Å²) < 4.78 is 0. The highest BCUT2D eigenvalue weighted by Gasteiger charge is 2.26. The van der Waals surface area contributed by atoms with Gasteiger partial charge in [-0.05, 0) is 6.42 Å². The van der Waals surface area contributed by atoms with E-state index in [0.717, 1.165) is 29.9 Å². The number of nitrogens with zero attached hydrogens (tertiary/aromatic N) is 5. The van der Waals surface area contributed by atoms with Crippen molar-refractivity contribution in [2.24, 2.45) is 5.73 Å². The summed E-state index contributed by atoms with van der Waals surface area (Å²) in [5.74, 6) is 0.129. The van der Waals surface area contributed by atoms with Crippen LogP contribution in [0.5, 0.6) is 0 Å². The van der Waals surface area contributed by atoms with E-state index < -0.39 is 5.91 Å². The average Bonchev–Trinajstić information content (AvgIpc) is 3.20. The molecule has 0 aliphatic carbocycles. The highest BCUT2D eigenvalue weighted by Crippen LogP contribution is 2.25. The Hall–Kier alpha value is -2.97. The molecule has 9 nitrogen and oxygen atoms in total. The van der Waals surface area contributed by atoms with Crippen LogP contribution in [0.1, 0.15) is 34.6 Å². The van der Waals surface area contributed by atoms with Gasteiger partial charge in [-0.2, -0.15) is 5.10 Å².